The molecule has 2 aliphatic heterocycles. The molecule has 0 unspecified atom stereocenters. The van der Waals surface area contributed by atoms with E-state index in [1.54, 1.807) is 11.0 Å². The lowest BCUT2D eigenvalue weighted by Crippen LogP contribution is -2.59. The molecule has 29 heavy (non-hydrogen) atoms. The van der Waals surface area contributed by atoms with Gasteiger partial charge in [-0.15, -0.1) is 0 Å². The second-order valence-electron chi connectivity index (χ2n) is 8.28. The first-order valence-corrected chi connectivity index (χ1v) is 10.8. The van der Waals surface area contributed by atoms with Crippen molar-refractivity contribution in [2.75, 3.05) is 39.3 Å². The summed E-state index contributed by atoms with van der Waals surface area (Å²) >= 11 is 0. The van der Waals surface area contributed by atoms with Crippen LogP contribution in [0.2, 0.25) is 0 Å². The van der Waals surface area contributed by atoms with E-state index in [0.29, 0.717) is 13.1 Å². The first kappa shape index (κ1) is 20.3. The van der Waals surface area contributed by atoms with Gasteiger partial charge in [0.05, 0.1) is 6.61 Å². The minimum atomic E-state index is -0.743. The van der Waals surface area contributed by atoms with E-state index >= 15 is 0 Å². The third-order valence-corrected chi connectivity index (χ3v) is 6.60. The Morgan fingerprint density at radius 3 is 2.52 bits per heavy atom. The Balaban J connectivity index is 1.60. The van der Waals surface area contributed by atoms with Crippen LogP contribution in [-0.4, -0.2) is 77.6 Å². The van der Waals surface area contributed by atoms with E-state index in [1.165, 1.54) is 18.2 Å². The molecule has 6 nitrogen and oxygen atoms in total. The molecule has 158 valence electrons. The molecule has 2 saturated heterocycles. The molecule has 1 atom stereocenters. The molecule has 0 bridgehead atoms. The Morgan fingerprint density at radius 1 is 1.14 bits per heavy atom. The van der Waals surface area contributed by atoms with Crippen LogP contribution in [0.25, 0.3) is 0 Å². The maximum Gasteiger partial charge on any atom is 0.256 e. The summed E-state index contributed by atoms with van der Waals surface area (Å²) in [6.07, 6.45) is 4.47. The van der Waals surface area contributed by atoms with E-state index in [1.807, 2.05) is 4.90 Å². The molecule has 1 aromatic carbocycles. The number of carbonyl (C=O) groups is 2. The molecule has 0 aromatic heterocycles. The quantitative estimate of drug-likeness (QED) is 0.778. The smallest absolute Gasteiger partial charge is 0.256 e. The lowest BCUT2D eigenvalue weighted by atomic mass is 9.89. The van der Waals surface area contributed by atoms with Crippen molar-refractivity contribution in [2.24, 2.45) is 0 Å². The maximum absolute atomic E-state index is 13.8. The normalized spacial score (nSPS) is 24.8. The number of carbonyl (C=O) groups excluding carboxylic acids is 2. The van der Waals surface area contributed by atoms with Crippen LogP contribution >= 0.6 is 0 Å². The average Bonchev–Trinajstić information content (AvgIpc) is 3.11. The molecule has 1 aliphatic carbocycles. The van der Waals surface area contributed by atoms with Crippen molar-refractivity contribution < 1.29 is 18.7 Å². The summed E-state index contributed by atoms with van der Waals surface area (Å²) in [7, 11) is 0. The Labute approximate surface area is 171 Å². The number of piperazine rings is 1. The molecular formula is C22H30FN3O3. The Kier molecular flexibility index (Phi) is 5.88. The number of benzene rings is 1. The van der Waals surface area contributed by atoms with Gasteiger partial charge in [-0.2, -0.15) is 0 Å². The SMILES string of the molecule is CCN1CCN(C(=O)[C@H]2COC3(CCCCC3)N2C(=O)c2cccc(F)c2)CC1. The van der Waals surface area contributed by atoms with Gasteiger partial charge in [-0.1, -0.05) is 19.4 Å². The third kappa shape index (κ3) is 3.90. The largest absolute Gasteiger partial charge is 0.353 e. The number of halogens is 1. The second kappa shape index (κ2) is 8.40. The molecule has 2 amide bonds. The highest BCUT2D eigenvalue weighted by Crippen LogP contribution is 2.41. The molecule has 2 heterocycles. The summed E-state index contributed by atoms with van der Waals surface area (Å²) in [5, 5.41) is 0. The van der Waals surface area contributed by atoms with Gasteiger partial charge in [0.15, 0.2) is 0 Å². The average molecular weight is 403 g/mol. The molecule has 7 heteroatoms. The van der Waals surface area contributed by atoms with Gasteiger partial charge in [0.2, 0.25) is 5.91 Å². The minimum absolute atomic E-state index is 0.0482. The van der Waals surface area contributed by atoms with E-state index in [4.69, 9.17) is 4.74 Å². The van der Waals surface area contributed by atoms with Crippen LogP contribution in [0.5, 0.6) is 0 Å². The number of likely N-dealkylation sites (N-methyl/N-ethyl adjacent to an activating group) is 1. The van der Waals surface area contributed by atoms with Gasteiger partial charge in [-0.25, -0.2) is 4.39 Å². The fourth-order valence-electron chi connectivity index (χ4n) is 4.92. The van der Waals surface area contributed by atoms with Gasteiger partial charge in [-0.3, -0.25) is 14.5 Å². The number of nitrogens with zero attached hydrogens (tertiary/aromatic N) is 3. The molecule has 0 radical (unpaired) electrons. The predicted octanol–water partition coefficient (Wildman–Crippen LogP) is 2.49. The van der Waals surface area contributed by atoms with Gasteiger partial charge in [0.25, 0.3) is 5.91 Å². The number of hydrogen-bond donors (Lipinski definition) is 0. The highest BCUT2D eigenvalue weighted by molar-refractivity contribution is 5.98. The standard InChI is InChI=1S/C22H30FN3O3/c1-2-24-11-13-25(14-12-24)21(28)19-16-29-22(9-4-3-5-10-22)26(19)20(27)17-7-6-8-18(23)15-17/h6-8,15,19H,2-5,9-14,16H2,1H3/t19-/m1/s1. The lowest BCUT2D eigenvalue weighted by Gasteiger charge is -2.43. The van der Waals surface area contributed by atoms with Crippen molar-refractivity contribution in [1.82, 2.24) is 14.7 Å². The Hall–Kier alpha value is -1.99. The van der Waals surface area contributed by atoms with E-state index < -0.39 is 17.6 Å². The first-order chi connectivity index (χ1) is 14.0. The van der Waals surface area contributed by atoms with Crippen LogP contribution in [-0.2, 0) is 9.53 Å². The highest BCUT2D eigenvalue weighted by atomic mass is 19.1. The number of rotatable bonds is 3. The summed E-state index contributed by atoms with van der Waals surface area (Å²) in [5.41, 5.74) is -0.471. The number of amides is 2. The van der Waals surface area contributed by atoms with Gasteiger partial charge in [0.1, 0.15) is 17.6 Å². The van der Waals surface area contributed by atoms with E-state index in [9.17, 15) is 14.0 Å². The molecule has 0 N–H and O–H groups in total. The topological polar surface area (TPSA) is 53.1 Å². The maximum atomic E-state index is 13.8. The molecule has 4 rings (SSSR count). The van der Waals surface area contributed by atoms with Crippen LogP contribution in [0.4, 0.5) is 4.39 Å². The van der Waals surface area contributed by atoms with Gasteiger partial charge >= 0.3 is 0 Å². The number of ether oxygens (including phenoxy) is 1. The van der Waals surface area contributed by atoms with Crippen LogP contribution in [0.3, 0.4) is 0 Å². The fraction of sp³-hybridized carbons (Fsp3) is 0.636. The lowest BCUT2D eigenvalue weighted by molar-refractivity contribution is -0.139. The summed E-state index contributed by atoms with van der Waals surface area (Å²) in [5.74, 6) is -0.811. The summed E-state index contributed by atoms with van der Waals surface area (Å²) in [4.78, 5) is 32.7. The van der Waals surface area contributed by atoms with Gasteiger partial charge in [0, 0.05) is 31.7 Å². The first-order valence-electron chi connectivity index (χ1n) is 10.8. The minimum Gasteiger partial charge on any atom is -0.353 e. The zero-order chi connectivity index (χ0) is 20.4. The molecule has 3 fully saturated rings. The monoisotopic (exact) mass is 403 g/mol. The molecule has 1 spiro atoms. The Bertz CT molecular complexity index is 757. The second-order valence-corrected chi connectivity index (χ2v) is 8.28. The summed E-state index contributed by atoms with van der Waals surface area (Å²) < 4.78 is 20.0. The van der Waals surface area contributed by atoms with Gasteiger partial charge in [-0.05, 0) is 50.4 Å². The predicted molar refractivity (Wildman–Crippen MR) is 107 cm³/mol. The molecule has 1 aromatic rings. The van der Waals surface area contributed by atoms with Crippen molar-refractivity contribution in [3.63, 3.8) is 0 Å². The van der Waals surface area contributed by atoms with Crippen molar-refractivity contribution in [1.29, 1.82) is 0 Å². The zero-order valence-corrected chi connectivity index (χ0v) is 17.1. The van der Waals surface area contributed by atoms with Crippen LogP contribution in [0.1, 0.15) is 49.4 Å². The van der Waals surface area contributed by atoms with Crippen LogP contribution < -0.4 is 0 Å². The summed E-state index contributed by atoms with van der Waals surface area (Å²) in [6, 6.07) is 5.08. The van der Waals surface area contributed by atoms with Crippen LogP contribution in [0.15, 0.2) is 24.3 Å². The van der Waals surface area contributed by atoms with Gasteiger partial charge < -0.3 is 14.5 Å². The van der Waals surface area contributed by atoms with Crippen molar-refractivity contribution in [2.45, 2.75) is 50.8 Å². The highest BCUT2D eigenvalue weighted by Gasteiger charge is 2.53. The summed E-state index contributed by atoms with van der Waals surface area (Å²) in [6.45, 7) is 6.33. The fourth-order valence-corrected chi connectivity index (χ4v) is 4.92. The zero-order valence-electron chi connectivity index (χ0n) is 17.1. The van der Waals surface area contributed by atoms with Crippen molar-refractivity contribution in [3.8, 4) is 0 Å². The van der Waals surface area contributed by atoms with E-state index in [-0.39, 0.29) is 24.0 Å². The van der Waals surface area contributed by atoms with Crippen molar-refractivity contribution >= 4 is 11.8 Å². The number of hydrogen-bond acceptors (Lipinski definition) is 4. The molecule has 3 aliphatic rings. The van der Waals surface area contributed by atoms with Crippen molar-refractivity contribution in [3.05, 3.63) is 35.6 Å². The van der Waals surface area contributed by atoms with Crippen LogP contribution in [0, 0.1) is 5.82 Å². The van der Waals surface area contributed by atoms with E-state index in [2.05, 4.69) is 11.8 Å². The Morgan fingerprint density at radius 2 is 1.86 bits per heavy atom. The third-order valence-electron chi connectivity index (χ3n) is 6.60. The van der Waals surface area contributed by atoms with E-state index in [0.717, 1.165) is 51.7 Å². The molecule has 1 saturated carbocycles. The molecular weight excluding hydrogens is 373 g/mol.